The van der Waals surface area contributed by atoms with Gasteiger partial charge in [0.25, 0.3) is 0 Å². The molecule has 1 N–H and O–H groups in total. The van der Waals surface area contributed by atoms with E-state index in [1.807, 2.05) is 23.6 Å². The summed E-state index contributed by atoms with van der Waals surface area (Å²) < 4.78 is 22.8. The topological polar surface area (TPSA) is 62.3 Å². The van der Waals surface area contributed by atoms with Crippen LogP contribution in [0.5, 0.6) is 0 Å². The van der Waals surface area contributed by atoms with E-state index < -0.39 is 9.84 Å². The zero-order chi connectivity index (χ0) is 17.2. The Morgan fingerprint density at radius 1 is 1.42 bits per heavy atom. The minimum atomic E-state index is -3.05. The largest absolute Gasteiger partial charge is 0.314 e. The zero-order valence-electron chi connectivity index (χ0n) is 13.4. The van der Waals surface area contributed by atoms with Crippen LogP contribution in [0.2, 0.25) is 5.02 Å². The third kappa shape index (κ3) is 4.55. The third-order valence-electron chi connectivity index (χ3n) is 3.97. The Labute approximate surface area is 151 Å². The van der Waals surface area contributed by atoms with E-state index in [-0.39, 0.29) is 11.8 Å². The number of benzene rings is 1. The number of rotatable bonds is 5. The van der Waals surface area contributed by atoms with E-state index in [0.717, 1.165) is 35.9 Å². The summed E-state index contributed by atoms with van der Waals surface area (Å²) in [4.78, 5) is 6.83. The molecule has 0 spiro atoms. The van der Waals surface area contributed by atoms with Gasteiger partial charge < -0.3 is 5.32 Å². The van der Waals surface area contributed by atoms with Crippen LogP contribution in [0.1, 0.15) is 22.3 Å². The quantitative estimate of drug-likeness (QED) is 0.856. The highest BCUT2D eigenvalue weighted by atomic mass is 35.5. The summed E-state index contributed by atoms with van der Waals surface area (Å²) in [5, 5.41) is 6.79. The highest BCUT2D eigenvalue weighted by molar-refractivity contribution is 7.90. The van der Waals surface area contributed by atoms with Crippen LogP contribution in [0.25, 0.3) is 0 Å². The lowest BCUT2D eigenvalue weighted by Crippen LogP contribution is -2.45. The fourth-order valence-corrected chi connectivity index (χ4v) is 5.17. The van der Waals surface area contributed by atoms with E-state index in [1.165, 1.54) is 17.6 Å². The van der Waals surface area contributed by atoms with Crippen molar-refractivity contribution in [2.45, 2.75) is 18.3 Å². The van der Waals surface area contributed by atoms with E-state index >= 15 is 0 Å². The van der Waals surface area contributed by atoms with Gasteiger partial charge in [-0.15, -0.1) is 11.3 Å². The molecule has 5 nitrogen and oxygen atoms in total. The van der Waals surface area contributed by atoms with E-state index in [4.69, 9.17) is 11.6 Å². The van der Waals surface area contributed by atoms with Crippen molar-refractivity contribution in [3.8, 4) is 0 Å². The van der Waals surface area contributed by atoms with Gasteiger partial charge >= 0.3 is 0 Å². The predicted molar refractivity (Wildman–Crippen MR) is 98.1 cm³/mol. The van der Waals surface area contributed by atoms with Gasteiger partial charge in [0.15, 0.2) is 9.84 Å². The van der Waals surface area contributed by atoms with Crippen LogP contribution in [-0.2, 0) is 22.1 Å². The van der Waals surface area contributed by atoms with Gasteiger partial charge in [-0.2, -0.15) is 0 Å². The number of piperazine rings is 1. The monoisotopic (exact) mass is 385 g/mol. The molecule has 3 rings (SSSR count). The van der Waals surface area contributed by atoms with Crippen LogP contribution < -0.4 is 5.32 Å². The van der Waals surface area contributed by atoms with Gasteiger partial charge in [-0.25, -0.2) is 13.4 Å². The van der Waals surface area contributed by atoms with Crippen LogP contribution in [0.15, 0.2) is 29.6 Å². The van der Waals surface area contributed by atoms with Crippen LogP contribution in [0, 0.1) is 0 Å². The molecule has 0 saturated carbocycles. The molecule has 8 heteroatoms. The van der Waals surface area contributed by atoms with Crippen molar-refractivity contribution in [1.29, 1.82) is 0 Å². The summed E-state index contributed by atoms with van der Waals surface area (Å²) in [5.41, 5.74) is 2.02. The third-order valence-corrected chi connectivity index (χ3v) is 6.19. The summed E-state index contributed by atoms with van der Waals surface area (Å²) in [6, 6.07) is 8.10. The molecule has 2 heterocycles. The number of nitrogens with one attached hydrogen (secondary N) is 1. The number of hydrogen-bond donors (Lipinski definition) is 1. The molecule has 1 unspecified atom stereocenters. The molecule has 1 aliphatic heterocycles. The number of halogens is 1. The maximum atomic E-state index is 11.4. The first-order valence-corrected chi connectivity index (χ1v) is 11.0. The summed E-state index contributed by atoms with van der Waals surface area (Å²) in [6.07, 6.45) is 1.23. The first-order chi connectivity index (χ1) is 11.4. The smallest absolute Gasteiger partial charge is 0.153 e. The first kappa shape index (κ1) is 17.8. The summed E-state index contributed by atoms with van der Waals surface area (Å²) in [6.45, 7) is 3.35. The lowest BCUT2D eigenvalue weighted by molar-refractivity contribution is 0.152. The van der Waals surface area contributed by atoms with Gasteiger partial charge in [-0.1, -0.05) is 29.8 Å². The number of nitrogens with zero attached hydrogens (tertiary/aromatic N) is 2. The Hall–Kier alpha value is -0.990. The number of hydrogen-bond acceptors (Lipinski definition) is 6. The molecule has 1 atom stereocenters. The molecule has 1 aliphatic rings. The Morgan fingerprint density at radius 2 is 2.21 bits per heavy atom. The first-order valence-electron chi connectivity index (χ1n) is 7.72. The van der Waals surface area contributed by atoms with E-state index in [9.17, 15) is 8.42 Å². The van der Waals surface area contributed by atoms with E-state index in [0.29, 0.717) is 11.6 Å². The van der Waals surface area contributed by atoms with Crippen molar-refractivity contribution in [1.82, 2.24) is 15.2 Å². The van der Waals surface area contributed by atoms with Crippen molar-refractivity contribution in [3.63, 3.8) is 0 Å². The Morgan fingerprint density at radius 3 is 2.96 bits per heavy atom. The van der Waals surface area contributed by atoms with Gasteiger partial charge in [0, 0.05) is 48.9 Å². The molecule has 0 aliphatic carbocycles. The molecule has 0 amide bonds. The normalized spacial score (nSPS) is 19.5. The molecule has 1 aromatic heterocycles. The Bertz CT molecular complexity index is 807. The molecular weight excluding hydrogens is 366 g/mol. The van der Waals surface area contributed by atoms with Gasteiger partial charge in [0.05, 0.1) is 5.69 Å². The molecule has 24 heavy (non-hydrogen) atoms. The summed E-state index contributed by atoms with van der Waals surface area (Å²) in [7, 11) is -3.05. The van der Waals surface area contributed by atoms with Crippen molar-refractivity contribution in [2.75, 3.05) is 25.9 Å². The maximum Gasteiger partial charge on any atom is 0.153 e. The van der Waals surface area contributed by atoms with E-state index in [2.05, 4.69) is 21.3 Å². The molecular formula is C16H20ClN3O2S2. The molecule has 1 fully saturated rings. The zero-order valence-corrected chi connectivity index (χ0v) is 15.8. The minimum Gasteiger partial charge on any atom is -0.314 e. The number of aromatic nitrogens is 1. The Kier molecular flexibility index (Phi) is 5.56. The van der Waals surface area contributed by atoms with Crippen LogP contribution in [-0.4, -0.2) is 44.2 Å². The van der Waals surface area contributed by atoms with Crippen molar-refractivity contribution < 1.29 is 8.42 Å². The maximum absolute atomic E-state index is 11.4. The fourth-order valence-electron chi connectivity index (χ4n) is 2.91. The van der Waals surface area contributed by atoms with Crippen molar-refractivity contribution >= 4 is 32.8 Å². The van der Waals surface area contributed by atoms with Gasteiger partial charge in [-0.05, 0) is 11.6 Å². The molecule has 1 saturated heterocycles. The van der Waals surface area contributed by atoms with Crippen LogP contribution in [0.3, 0.4) is 0 Å². The molecule has 0 bridgehead atoms. The SMILES string of the molecule is CS(=O)(=O)Cc1nc(CN2CCNCC2c2ccccc2Cl)cs1. The van der Waals surface area contributed by atoms with Gasteiger partial charge in [0.1, 0.15) is 10.8 Å². The van der Waals surface area contributed by atoms with Crippen LogP contribution >= 0.6 is 22.9 Å². The summed E-state index contributed by atoms with van der Waals surface area (Å²) in [5.74, 6) is 0.00711. The molecule has 130 valence electrons. The average Bonchev–Trinajstić information content (AvgIpc) is 2.93. The summed E-state index contributed by atoms with van der Waals surface area (Å²) >= 11 is 7.77. The highest BCUT2D eigenvalue weighted by Gasteiger charge is 2.26. The molecule has 1 aromatic carbocycles. The minimum absolute atomic E-state index is 0.00711. The van der Waals surface area contributed by atoms with Crippen molar-refractivity contribution in [3.05, 3.63) is 50.9 Å². The molecule has 2 aromatic rings. The number of sulfone groups is 1. The average molecular weight is 386 g/mol. The predicted octanol–water partition coefficient (Wildman–Crippen LogP) is 2.49. The lowest BCUT2D eigenvalue weighted by Gasteiger charge is -2.36. The van der Waals surface area contributed by atoms with Crippen molar-refractivity contribution in [2.24, 2.45) is 0 Å². The van der Waals surface area contributed by atoms with E-state index in [1.54, 1.807) is 0 Å². The van der Waals surface area contributed by atoms with Gasteiger partial charge in [0.2, 0.25) is 0 Å². The molecule has 0 radical (unpaired) electrons. The fraction of sp³-hybridized carbons (Fsp3) is 0.438. The Balaban J connectivity index is 1.76. The lowest BCUT2D eigenvalue weighted by atomic mass is 10.0. The second-order valence-corrected chi connectivity index (χ2v) is 9.50. The number of thiazole rings is 1. The second kappa shape index (κ2) is 7.49. The van der Waals surface area contributed by atoms with Crippen LogP contribution in [0.4, 0.5) is 0 Å². The highest BCUT2D eigenvalue weighted by Crippen LogP contribution is 2.29. The standard InChI is InChI=1S/C16H20ClN3O2S2/c1-24(21,22)11-16-19-12(10-23-16)9-20-7-6-18-8-15(20)13-4-2-3-5-14(13)17/h2-5,10,15,18H,6-9,11H2,1H3. The second-order valence-electron chi connectivity index (χ2n) is 6.01. The van der Waals surface area contributed by atoms with Gasteiger partial charge in [-0.3, -0.25) is 4.90 Å².